The van der Waals surface area contributed by atoms with E-state index < -0.39 is 0 Å². The standard InChI is InChI=1S/C13H19BrN2O2/c1-10(2)15-7-8-18-9-13(17)16-12-5-3-11(14)4-6-12/h3-6,10,15H,7-9H2,1-2H3,(H,16,17). The minimum atomic E-state index is -0.137. The molecule has 0 aliphatic heterocycles. The first-order chi connectivity index (χ1) is 8.58. The second-order valence-corrected chi connectivity index (χ2v) is 5.13. The normalized spacial score (nSPS) is 10.7. The minimum absolute atomic E-state index is 0.0792. The molecule has 0 saturated carbocycles. The third-order valence-corrected chi connectivity index (χ3v) is 2.69. The molecule has 4 nitrogen and oxygen atoms in total. The lowest BCUT2D eigenvalue weighted by Crippen LogP contribution is -2.28. The maximum atomic E-state index is 11.5. The average Bonchev–Trinajstić information content (AvgIpc) is 2.31. The van der Waals surface area contributed by atoms with Crippen molar-refractivity contribution in [3.8, 4) is 0 Å². The number of benzene rings is 1. The fourth-order valence-corrected chi connectivity index (χ4v) is 1.58. The van der Waals surface area contributed by atoms with Gasteiger partial charge in [0, 0.05) is 22.7 Å². The first-order valence-corrected chi connectivity index (χ1v) is 6.74. The van der Waals surface area contributed by atoms with Gasteiger partial charge in [0.2, 0.25) is 5.91 Å². The Morgan fingerprint density at radius 1 is 1.33 bits per heavy atom. The van der Waals surface area contributed by atoms with Crippen LogP contribution in [0.2, 0.25) is 0 Å². The molecule has 0 fully saturated rings. The molecular formula is C13H19BrN2O2. The van der Waals surface area contributed by atoms with Crippen molar-refractivity contribution in [2.75, 3.05) is 25.1 Å². The maximum absolute atomic E-state index is 11.5. The summed E-state index contributed by atoms with van der Waals surface area (Å²) in [6.07, 6.45) is 0. The Labute approximate surface area is 116 Å². The first-order valence-electron chi connectivity index (χ1n) is 5.94. The van der Waals surface area contributed by atoms with Crippen LogP contribution in [0.15, 0.2) is 28.7 Å². The van der Waals surface area contributed by atoms with Gasteiger partial charge >= 0.3 is 0 Å². The fourth-order valence-electron chi connectivity index (χ4n) is 1.31. The molecule has 100 valence electrons. The molecular weight excluding hydrogens is 296 g/mol. The number of amides is 1. The van der Waals surface area contributed by atoms with Gasteiger partial charge in [-0.1, -0.05) is 29.8 Å². The number of rotatable bonds is 7. The zero-order valence-electron chi connectivity index (χ0n) is 10.7. The van der Waals surface area contributed by atoms with E-state index in [4.69, 9.17) is 4.74 Å². The second-order valence-electron chi connectivity index (χ2n) is 4.22. The smallest absolute Gasteiger partial charge is 0.250 e. The zero-order valence-corrected chi connectivity index (χ0v) is 12.3. The lowest BCUT2D eigenvalue weighted by Gasteiger charge is -2.09. The van der Waals surface area contributed by atoms with Gasteiger partial charge in [0.15, 0.2) is 0 Å². The summed E-state index contributed by atoms with van der Waals surface area (Å²) >= 11 is 3.34. The number of hydrogen-bond donors (Lipinski definition) is 2. The Morgan fingerprint density at radius 3 is 2.61 bits per heavy atom. The molecule has 1 aromatic carbocycles. The molecule has 1 amide bonds. The van der Waals surface area contributed by atoms with Crippen LogP contribution in [0.3, 0.4) is 0 Å². The highest BCUT2D eigenvalue weighted by atomic mass is 79.9. The molecule has 1 rings (SSSR count). The van der Waals surface area contributed by atoms with Crippen LogP contribution in [0.25, 0.3) is 0 Å². The summed E-state index contributed by atoms with van der Waals surface area (Å²) in [5.74, 6) is -0.137. The van der Waals surface area contributed by atoms with E-state index >= 15 is 0 Å². The van der Waals surface area contributed by atoms with Crippen molar-refractivity contribution in [1.82, 2.24) is 5.32 Å². The summed E-state index contributed by atoms with van der Waals surface area (Å²) in [5.41, 5.74) is 0.770. The van der Waals surface area contributed by atoms with Crippen LogP contribution in [0.5, 0.6) is 0 Å². The van der Waals surface area contributed by atoms with E-state index in [0.717, 1.165) is 16.7 Å². The molecule has 0 spiro atoms. The number of hydrogen-bond acceptors (Lipinski definition) is 3. The molecule has 0 bridgehead atoms. The number of carbonyl (C=O) groups excluding carboxylic acids is 1. The Balaban J connectivity index is 2.16. The molecule has 1 aromatic rings. The number of nitrogens with one attached hydrogen (secondary N) is 2. The molecule has 2 N–H and O–H groups in total. The van der Waals surface area contributed by atoms with Gasteiger partial charge in [0.25, 0.3) is 0 Å². The van der Waals surface area contributed by atoms with Crippen molar-refractivity contribution in [1.29, 1.82) is 0 Å². The zero-order chi connectivity index (χ0) is 13.4. The Kier molecular flexibility index (Phi) is 6.93. The average molecular weight is 315 g/mol. The molecule has 0 heterocycles. The Bertz CT molecular complexity index is 366. The van der Waals surface area contributed by atoms with Gasteiger partial charge in [-0.2, -0.15) is 0 Å². The van der Waals surface area contributed by atoms with Gasteiger partial charge in [0.1, 0.15) is 6.61 Å². The molecule has 0 aliphatic carbocycles. The van der Waals surface area contributed by atoms with Crippen LogP contribution in [0.4, 0.5) is 5.69 Å². The largest absolute Gasteiger partial charge is 0.370 e. The fraction of sp³-hybridized carbons (Fsp3) is 0.462. The SMILES string of the molecule is CC(C)NCCOCC(=O)Nc1ccc(Br)cc1. The molecule has 0 aliphatic rings. The van der Waals surface area contributed by atoms with Crippen LogP contribution >= 0.6 is 15.9 Å². The van der Waals surface area contributed by atoms with Crippen molar-refractivity contribution in [2.45, 2.75) is 19.9 Å². The van der Waals surface area contributed by atoms with Crippen molar-refractivity contribution >= 4 is 27.5 Å². The monoisotopic (exact) mass is 314 g/mol. The van der Waals surface area contributed by atoms with Crippen LogP contribution in [-0.4, -0.2) is 31.7 Å². The molecule has 18 heavy (non-hydrogen) atoms. The summed E-state index contributed by atoms with van der Waals surface area (Å²) in [5, 5.41) is 5.98. The number of carbonyl (C=O) groups is 1. The summed E-state index contributed by atoms with van der Waals surface area (Å²) in [4.78, 5) is 11.5. The van der Waals surface area contributed by atoms with E-state index in [1.807, 2.05) is 24.3 Å². The molecule has 5 heteroatoms. The molecule has 0 radical (unpaired) electrons. The van der Waals surface area contributed by atoms with Gasteiger partial charge in [0.05, 0.1) is 6.61 Å². The van der Waals surface area contributed by atoms with Gasteiger partial charge < -0.3 is 15.4 Å². The third-order valence-electron chi connectivity index (χ3n) is 2.16. The maximum Gasteiger partial charge on any atom is 0.250 e. The number of anilines is 1. The predicted molar refractivity (Wildman–Crippen MR) is 76.7 cm³/mol. The van der Waals surface area contributed by atoms with Crippen LogP contribution in [-0.2, 0) is 9.53 Å². The highest BCUT2D eigenvalue weighted by molar-refractivity contribution is 9.10. The van der Waals surface area contributed by atoms with E-state index in [1.54, 1.807) is 0 Å². The molecule has 0 saturated heterocycles. The topological polar surface area (TPSA) is 50.4 Å². The Morgan fingerprint density at radius 2 is 2.00 bits per heavy atom. The van der Waals surface area contributed by atoms with E-state index in [-0.39, 0.29) is 12.5 Å². The van der Waals surface area contributed by atoms with Crippen molar-refractivity contribution in [3.63, 3.8) is 0 Å². The molecule has 0 aromatic heterocycles. The Hall–Kier alpha value is -0.910. The summed E-state index contributed by atoms with van der Waals surface area (Å²) < 4.78 is 6.24. The van der Waals surface area contributed by atoms with Gasteiger partial charge in [-0.3, -0.25) is 4.79 Å². The second kappa shape index (κ2) is 8.24. The molecule has 0 atom stereocenters. The van der Waals surface area contributed by atoms with E-state index in [9.17, 15) is 4.79 Å². The van der Waals surface area contributed by atoms with Crippen LogP contribution < -0.4 is 10.6 Å². The number of ether oxygens (including phenoxy) is 1. The lowest BCUT2D eigenvalue weighted by molar-refractivity contribution is -0.120. The first kappa shape index (κ1) is 15.1. The van der Waals surface area contributed by atoms with Gasteiger partial charge in [-0.25, -0.2) is 0 Å². The number of halogens is 1. The summed E-state index contributed by atoms with van der Waals surface area (Å²) in [6, 6.07) is 7.86. The van der Waals surface area contributed by atoms with Crippen molar-refractivity contribution in [2.24, 2.45) is 0 Å². The van der Waals surface area contributed by atoms with Gasteiger partial charge in [-0.05, 0) is 24.3 Å². The third kappa shape index (κ3) is 6.74. The van der Waals surface area contributed by atoms with Crippen molar-refractivity contribution < 1.29 is 9.53 Å². The summed E-state index contributed by atoms with van der Waals surface area (Å²) in [7, 11) is 0. The van der Waals surface area contributed by atoms with Crippen molar-refractivity contribution in [3.05, 3.63) is 28.7 Å². The summed E-state index contributed by atoms with van der Waals surface area (Å²) in [6.45, 7) is 5.51. The van der Waals surface area contributed by atoms with E-state index in [1.165, 1.54) is 0 Å². The van der Waals surface area contributed by atoms with E-state index in [0.29, 0.717) is 12.6 Å². The quantitative estimate of drug-likeness (QED) is 0.760. The van der Waals surface area contributed by atoms with Crippen LogP contribution in [0, 0.1) is 0 Å². The minimum Gasteiger partial charge on any atom is -0.370 e. The van der Waals surface area contributed by atoms with Crippen LogP contribution in [0.1, 0.15) is 13.8 Å². The molecule has 0 unspecified atom stereocenters. The van der Waals surface area contributed by atoms with Gasteiger partial charge in [-0.15, -0.1) is 0 Å². The highest BCUT2D eigenvalue weighted by Crippen LogP contribution is 2.13. The lowest BCUT2D eigenvalue weighted by atomic mass is 10.3. The highest BCUT2D eigenvalue weighted by Gasteiger charge is 2.02. The van der Waals surface area contributed by atoms with E-state index in [2.05, 4.69) is 40.4 Å². The predicted octanol–water partition coefficient (Wildman–Crippen LogP) is 2.40.